The maximum absolute atomic E-state index is 12.1. The van der Waals surface area contributed by atoms with E-state index in [2.05, 4.69) is 42.6 Å². The van der Waals surface area contributed by atoms with Crippen LogP contribution >= 0.6 is 0 Å². The first-order valence-electron chi connectivity index (χ1n) is 7.14. The van der Waals surface area contributed by atoms with Gasteiger partial charge in [0.15, 0.2) is 0 Å². The highest BCUT2D eigenvalue weighted by Gasteiger charge is 2.22. The van der Waals surface area contributed by atoms with Crippen LogP contribution in [-0.4, -0.2) is 25.5 Å². The zero-order valence-corrected chi connectivity index (χ0v) is 12.0. The molecule has 3 heteroatoms. The van der Waals surface area contributed by atoms with Gasteiger partial charge in [-0.05, 0) is 42.7 Å². The van der Waals surface area contributed by atoms with Gasteiger partial charge in [0.25, 0.3) is 0 Å². The lowest BCUT2D eigenvalue weighted by Crippen LogP contribution is -2.36. The number of anilines is 1. The SMILES string of the molecule is Cc1ccc2cc(N(C)C(=O)CNC3CC3)ccc2c1. The van der Waals surface area contributed by atoms with Crippen LogP contribution < -0.4 is 10.2 Å². The van der Waals surface area contributed by atoms with Crippen LogP contribution in [-0.2, 0) is 4.79 Å². The van der Waals surface area contributed by atoms with Crippen molar-refractivity contribution in [3.05, 3.63) is 42.0 Å². The second-order valence-corrected chi connectivity index (χ2v) is 5.64. The molecule has 3 nitrogen and oxygen atoms in total. The maximum atomic E-state index is 12.1. The van der Waals surface area contributed by atoms with Crippen LogP contribution in [0.15, 0.2) is 36.4 Å². The molecule has 0 atom stereocenters. The number of carbonyl (C=O) groups is 1. The Labute approximate surface area is 119 Å². The Bertz CT molecular complexity index is 646. The van der Waals surface area contributed by atoms with Gasteiger partial charge in [-0.2, -0.15) is 0 Å². The van der Waals surface area contributed by atoms with Gasteiger partial charge in [-0.1, -0.05) is 29.8 Å². The van der Waals surface area contributed by atoms with Gasteiger partial charge in [0.05, 0.1) is 6.54 Å². The molecular weight excluding hydrogens is 248 g/mol. The van der Waals surface area contributed by atoms with E-state index in [-0.39, 0.29) is 5.91 Å². The number of likely N-dealkylation sites (N-methyl/N-ethyl adjacent to an activating group) is 1. The molecule has 0 aromatic heterocycles. The number of nitrogens with one attached hydrogen (secondary N) is 1. The predicted molar refractivity (Wildman–Crippen MR) is 83.1 cm³/mol. The van der Waals surface area contributed by atoms with Crippen molar-refractivity contribution in [1.82, 2.24) is 5.32 Å². The first-order valence-corrected chi connectivity index (χ1v) is 7.14. The molecule has 1 aliphatic rings. The van der Waals surface area contributed by atoms with Gasteiger partial charge >= 0.3 is 0 Å². The van der Waals surface area contributed by atoms with Crippen LogP contribution in [0.25, 0.3) is 10.8 Å². The highest BCUT2D eigenvalue weighted by Crippen LogP contribution is 2.23. The number of hydrogen-bond acceptors (Lipinski definition) is 2. The van der Waals surface area contributed by atoms with E-state index in [9.17, 15) is 4.79 Å². The van der Waals surface area contributed by atoms with Gasteiger partial charge in [-0.15, -0.1) is 0 Å². The molecule has 0 aliphatic heterocycles. The topological polar surface area (TPSA) is 32.3 Å². The van der Waals surface area contributed by atoms with Crippen LogP contribution in [0.1, 0.15) is 18.4 Å². The molecule has 0 heterocycles. The van der Waals surface area contributed by atoms with Crippen molar-refractivity contribution < 1.29 is 4.79 Å². The summed E-state index contributed by atoms with van der Waals surface area (Å²) in [5, 5.41) is 5.64. The summed E-state index contributed by atoms with van der Waals surface area (Å²) in [4.78, 5) is 13.9. The average Bonchev–Trinajstić information content (AvgIpc) is 3.27. The molecule has 2 aromatic carbocycles. The van der Waals surface area contributed by atoms with Gasteiger partial charge < -0.3 is 10.2 Å². The normalized spacial score (nSPS) is 14.5. The first kappa shape index (κ1) is 13.1. The predicted octanol–water partition coefficient (Wildman–Crippen LogP) is 2.86. The molecule has 0 spiro atoms. The Morgan fingerprint density at radius 3 is 2.65 bits per heavy atom. The lowest BCUT2D eigenvalue weighted by atomic mass is 10.1. The fourth-order valence-corrected chi connectivity index (χ4v) is 2.34. The molecule has 20 heavy (non-hydrogen) atoms. The molecule has 1 amide bonds. The van der Waals surface area contributed by atoms with Crippen LogP contribution in [0.4, 0.5) is 5.69 Å². The minimum absolute atomic E-state index is 0.114. The van der Waals surface area contributed by atoms with Crippen molar-refractivity contribution in [1.29, 1.82) is 0 Å². The fraction of sp³-hybridized carbons (Fsp3) is 0.353. The lowest BCUT2D eigenvalue weighted by Gasteiger charge is -2.18. The summed E-state index contributed by atoms with van der Waals surface area (Å²) >= 11 is 0. The minimum Gasteiger partial charge on any atom is -0.314 e. The van der Waals surface area contributed by atoms with Gasteiger partial charge in [0, 0.05) is 18.8 Å². The van der Waals surface area contributed by atoms with Crippen molar-refractivity contribution in [2.45, 2.75) is 25.8 Å². The highest BCUT2D eigenvalue weighted by atomic mass is 16.2. The molecule has 0 saturated heterocycles. The van der Waals surface area contributed by atoms with E-state index in [0.717, 1.165) is 5.69 Å². The Balaban J connectivity index is 1.77. The monoisotopic (exact) mass is 268 g/mol. The zero-order valence-electron chi connectivity index (χ0n) is 12.0. The van der Waals surface area contributed by atoms with E-state index in [1.807, 2.05) is 13.1 Å². The van der Waals surface area contributed by atoms with Crippen molar-refractivity contribution in [2.75, 3.05) is 18.5 Å². The second-order valence-electron chi connectivity index (χ2n) is 5.64. The van der Waals surface area contributed by atoms with Crippen LogP contribution in [0.5, 0.6) is 0 Å². The summed E-state index contributed by atoms with van der Waals surface area (Å²) < 4.78 is 0. The molecule has 104 valence electrons. The summed E-state index contributed by atoms with van der Waals surface area (Å²) in [6, 6.07) is 13.1. The molecule has 3 rings (SSSR count). The second kappa shape index (κ2) is 5.25. The highest BCUT2D eigenvalue weighted by molar-refractivity contribution is 5.97. The molecule has 1 fully saturated rings. The van der Waals surface area contributed by atoms with Gasteiger partial charge in [0.2, 0.25) is 5.91 Å². The number of benzene rings is 2. The smallest absolute Gasteiger partial charge is 0.240 e. The van der Waals surface area contributed by atoms with E-state index in [4.69, 9.17) is 0 Å². The Morgan fingerprint density at radius 2 is 1.90 bits per heavy atom. The summed E-state index contributed by atoms with van der Waals surface area (Å²) in [5.74, 6) is 0.114. The summed E-state index contributed by atoms with van der Waals surface area (Å²) in [5.41, 5.74) is 2.20. The number of rotatable bonds is 4. The van der Waals surface area contributed by atoms with Crippen LogP contribution in [0, 0.1) is 6.92 Å². The van der Waals surface area contributed by atoms with Crippen molar-refractivity contribution >= 4 is 22.4 Å². The lowest BCUT2D eigenvalue weighted by molar-refractivity contribution is -0.117. The molecular formula is C17H20N2O. The number of hydrogen-bond donors (Lipinski definition) is 1. The first-order chi connectivity index (χ1) is 9.63. The molecule has 0 unspecified atom stereocenters. The Hall–Kier alpha value is -1.87. The number of amides is 1. The standard InChI is InChI=1S/C17H20N2O/c1-12-3-4-14-10-16(8-5-13(14)9-12)19(2)17(20)11-18-15-6-7-15/h3-5,8-10,15,18H,6-7,11H2,1-2H3. The van der Waals surface area contributed by atoms with Gasteiger partial charge in [-0.3, -0.25) is 4.79 Å². The van der Waals surface area contributed by atoms with Crippen molar-refractivity contribution in [2.24, 2.45) is 0 Å². The maximum Gasteiger partial charge on any atom is 0.240 e. The van der Waals surface area contributed by atoms with Crippen LogP contribution in [0.2, 0.25) is 0 Å². The van der Waals surface area contributed by atoms with E-state index >= 15 is 0 Å². The van der Waals surface area contributed by atoms with Gasteiger partial charge in [0.1, 0.15) is 0 Å². The minimum atomic E-state index is 0.114. The average molecular weight is 268 g/mol. The third-order valence-corrected chi connectivity index (χ3v) is 3.86. The molecule has 1 aliphatic carbocycles. The van der Waals surface area contributed by atoms with E-state index in [1.165, 1.54) is 29.2 Å². The number of aryl methyl sites for hydroxylation is 1. The third kappa shape index (κ3) is 2.83. The zero-order chi connectivity index (χ0) is 14.1. The van der Waals surface area contributed by atoms with Crippen LogP contribution in [0.3, 0.4) is 0 Å². The van der Waals surface area contributed by atoms with Crippen molar-refractivity contribution in [3.8, 4) is 0 Å². The molecule has 2 aromatic rings. The van der Waals surface area contributed by atoms with E-state index in [0.29, 0.717) is 12.6 Å². The molecule has 1 N–H and O–H groups in total. The third-order valence-electron chi connectivity index (χ3n) is 3.86. The fourth-order valence-electron chi connectivity index (χ4n) is 2.34. The number of carbonyl (C=O) groups excluding carboxylic acids is 1. The Morgan fingerprint density at radius 1 is 1.20 bits per heavy atom. The van der Waals surface area contributed by atoms with Crippen molar-refractivity contribution in [3.63, 3.8) is 0 Å². The van der Waals surface area contributed by atoms with Gasteiger partial charge in [-0.25, -0.2) is 0 Å². The van der Waals surface area contributed by atoms with E-state index in [1.54, 1.807) is 4.90 Å². The summed E-state index contributed by atoms with van der Waals surface area (Å²) in [6.07, 6.45) is 2.40. The number of nitrogens with zero attached hydrogens (tertiary/aromatic N) is 1. The summed E-state index contributed by atoms with van der Waals surface area (Å²) in [7, 11) is 1.84. The Kier molecular flexibility index (Phi) is 3.45. The largest absolute Gasteiger partial charge is 0.314 e. The molecule has 0 radical (unpaired) electrons. The molecule has 0 bridgehead atoms. The molecule has 1 saturated carbocycles. The number of fused-ring (bicyclic) bond motifs is 1. The quantitative estimate of drug-likeness (QED) is 0.924. The summed E-state index contributed by atoms with van der Waals surface area (Å²) in [6.45, 7) is 2.51. The van der Waals surface area contributed by atoms with E-state index < -0.39 is 0 Å².